The van der Waals surface area contributed by atoms with E-state index in [1.54, 1.807) is 0 Å². The molecule has 3 rings (SSSR count). The quantitative estimate of drug-likeness (QED) is 0.183. The summed E-state index contributed by atoms with van der Waals surface area (Å²) in [5.74, 6) is -31.2. The maximum absolute atomic E-state index is 14.4. The maximum atomic E-state index is 14.4. The first-order valence-corrected chi connectivity index (χ1v) is 9.86. The number of rotatable bonds is 3. The predicted molar refractivity (Wildman–Crippen MR) is 89.2 cm³/mol. The van der Waals surface area contributed by atoms with Gasteiger partial charge in [-0.05, 0) is 0 Å². The minimum Gasteiger partial charge on any atom is -1.00 e. The molecule has 0 aliphatic rings. The summed E-state index contributed by atoms with van der Waals surface area (Å²) in [4.78, 5) is 13.6. The second kappa shape index (κ2) is 10.4. The van der Waals surface area contributed by atoms with E-state index in [1.165, 1.54) is 0 Å². The molecule has 3 aromatic carbocycles. The van der Waals surface area contributed by atoms with Crippen LogP contribution in [0.1, 0.15) is 0 Å². The summed E-state index contributed by atoms with van der Waals surface area (Å²) >= 11 is 0. The zero-order valence-corrected chi connectivity index (χ0v) is 18.9. The van der Waals surface area contributed by atoms with Gasteiger partial charge in [0.1, 0.15) is 0 Å². The van der Waals surface area contributed by atoms with Crippen molar-refractivity contribution in [1.82, 2.24) is 0 Å². The van der Waals surface area contributed by atoms with Crippen LogP contribution in [0.5, 0.6) is 0 Å². The zero-order chi connectivity index (χ0) is 24.3. The van der Waals surface area contributed by atoms with E-state index in [0.29, 0.717) is 0 Å². The van der Waals surface area contributed by atoms with E-state index in [4.69, 9.17) is 0 Å². The first-order chi connectivity index (χ1) is 14.7. The van der Waals surface area contributed by atoms with E-state index in [2.05, 4.69) is 0 Å². The number of halogens is 13. The molecule has 0 atom stereocenters. The van der Waals surface area contributed by atoms with Crippen LogP contribution in [0.25, 0.3) is 0 Å². The minimum atomic E-state index is -7.27. The van der Waals surface area contributed by atoms with Gasteiger partial charge in [-0.3, -0.25) is 0 Å². The second-order valence-corrected chi connectivity index (χ2v) is 9.07. The Labute approximate surface area is 204 Å². The molecule has 0 aromatic heterocycles. The maximum Gasteiger partial charge on any atom is 2.00 e. The van der Waals surface area contributed by atoms with Crippen LogP contribution in [0.15, 0.2) is 18.2 Å². The first-order valence-electron chi connectivity index (χ1n) is 7.95. The molecule has 0 aliphatic carbocycles. The molecule has 1 nitrogen and oxygen atoms in total. The Balaban J connectivity index is 0.00000289. The predicted octanol–water partition coefficient (Wildman–Crippen LogP) is -0.694. The summed E-state index contributed by atoms with van der Waals surface area (Å²) in [6.07, 6.45) is 0. The van der Waals surface area contributed by atoms with Gasteiger partial charge in [-0.15, -0.1) is 0 Å². The van der Waals surface area contributed by atoms with Crippen molar-refractivity contribution in [2.24, 2.45) is 0 Å². The fourth-order valence-electron chi connectivity index (χ4n) is 3.02. The normalized spacial score (nSPS) is 11.2. The number of benzene rings is 3. The zero-order valence-electron chi connectivity index (χ0n) is 15.8. The molecule has 0 unspecified atom stereocenters. The van der Waals surface area contributed by atoms with Crippen LogP contribution >= 0.6 is 0 Å². The molecule has 0 amide bonds. The van der Waals surface area contributed by atoms with Crippen LogP contribution in [0.3, 0.4) is 0 Å². The summed E-state index contributed by atoms with van der Waals surface area (Å²) in [7, 11) is -7.27. The molecule has 34 heavy (non-hydrogen) atoms. The van der Waals surface area contributed by atoms with Gasteiger partial charge in [0.2, 0.25) is 0 Å². The van der Waals surface area contributed by atoms with Crippen LogP contribution in [-0.2, 0) is 0 Å². The average Bonchev–Trinajstić information content (AvgIpc) is 2.70. The van der Waals surface area contributed by atoms with E-state index in [9.17, 15) is 57.5 Å². The summed E-state index contributed by atoms with van der Waals surface area (Å²) in [5.41, 5.74) is 0. The number of hydrogen-bond donors (Lipinski definition) is 0. The Bertz CT molecular complexity index is 1060. The van der Waals surface area contributed by atoms with Crippen molar-refractivity contribution in [2.75, 3.05) is 0 Å². The van der Waals surface area contributed by atoms with Gasteiger partial charge in [0.05, 0.1) is 8.32 Å². The molecule has 0 aliphatic heterocycles. The van der Waals surface area contributed by atoms with Gasteiger partial charge in [0, 0.05) is 33.8 Å². The smallest absolute Gasteiger partial charge is 1.00 e. The minimum absolute atomic E-state index is 0. The fourth-order valence-corrected chi connectivity index (χ4v) is 6.34. The molecule has 0 N–H and O–H groups in total. The standard InChI is InChI=1S/C18H3F12OSi.ClH.Mg/c19-4-1-5(20)11(26)16(10(4)25)32(31,17-12(27)6(21)2-7(22)13(17)28)18-14(29)8(23)3-9(24)15(18)30;;/h1-3H;1H;/q-1;;+2/p-1. The van der Waals surface area contributed by atoms with Crippen LogP contribution in [0.2, 0.25) is 0 Å². The third-order valence-electron chi connectivity index (χ3n) is 4.39. The molecule has 0 fully saturated rings. The van der Waals surface area contributed by atoms with Crippen molar-refractivity contribution in [3.8, 4) is 0 Å². The summed E-state index contributed by atoms with van der Waals surface area (Å²) in [6, 6.07) is -1.54. The van der Waals surface area contributed by atoms with Gasteiger partial charge >= 0.3 is 23.1 Å². The van der Waals surface area contributed by atoms with E-state index in [0.717, 1.165) is 0 Å². The van der Waals surface area contributed by atoms with E-state index >= 15 is 0 Å². The second-order valence-electron chi connectivity index (χ2n) is 6.21. The van der Waals surface area contributed by atoms with Crippen LogP contribution < -0.4 is 32.8 Å². The Hall–Kier alpha value is -1.95. The van der Waals surface area contributed by atoms with Crippen molar-refractivity contribution < 1.29 is 69.9 Å². The molecule has 0 spiro atoms. The third-order valence-corrected chi connectivity index (χ3v) is 7.82. The Morgan fingerprint density at radius 1 is 0.412 bits per heavy atom. The van der Waals surface area contributed by atoms with Crippen molar-refractivity contribution in [2.45, 2.75) is 0 Å². The Kier molecular flexibility index (Phi) is 9.16. The molecular formula is C18H3ClF12MgOSi. The first kappa shape index (κ1) is 30.1. The summed E-state index contributed by atoms with van der Waals surface area (Å²) in [5, 5.41) is -7.91. The van der Waals surface area contributed by atoms with Crippen molar-refractivity contribution >= 4 is 46.9 Å². The summed E-state index contributed by atoms with van der Waals surface area (Å²) < 4.78 is 169. The molecule has 0 heterocycles. The van der Waals surface area contributed by atoms with Crippen LogP contribution in [0, 0.1) is 69.8 Å². The van der Waals surface area contributed by atoms with Gasteiger partial charge in [-0.25, -0.2) is 52.7 Å². The molecule has 0 saturated heterocycles. The monoisotopic (exact) mass is 550 g/mol. The molecule has 3 aromatic rings. The van der Waals surface area contributed by atoms with Crippen LogP contribution in [-0.4, -0.2) is 31.4 Å². The van der Waals surface area contributed by atoms with Crippen LogP contribution in [0.4, 0.5) is 52.7 Å². The van der Waals surface area contributed by atoms with Gasteiger partial charge in [-0.2, -0.15) is 0 Å². The topological polar surface area (TPSA) is 23.1 Å². The molecule has 16 heteroatoms. The molecular weight excluding hydrogens is 548 g/mol. The molecule has 0 saturated carbocycles. The molecule has 0 bridgehead atoms. The van der Waals surface area contributed by atoms with Gasteiger partial charge < -0.3 is 17.2 Å². The van der Waals surface area contributed by atoms with Crippen molar-refractivity contribution in [3.63, 3.8) is 0 Å². The fraction of sp³-hybridized carbons (Fsp3) is 0. The Morgan fingerprint density at radius 3 is 0.706 bits per heavy atom. The van der Waals surface area contributed by atoms with Crippen molar-refractivity contribution in [1.29, 1.82) is 0 Å². The average molecular weight is 551 g/mol. The van der Waals surface area contributed by atoms with E-state index in [1.807, 2.05) is 0 Å². The molecule has 178 valence electrons. The van der Waals surface area contributed by atoms with E-state index < -0.39 is 112 Å². The van der Waals surface area contributed by atoms with E-state index in [-0.39, 0.29) is 35.5 Å². The van der Waals surface area contributed by atoms with Gasteiger partial charge in [0.15, 0.2) is 69.8 Å². The Morgan fingerprint density at radius 2 is 0.559 bits per heavy atom. The van der Waals surface area contributed by atoms with Gasteiger partial charge in [0.25, 0.3) is 0 Å². The van der Waals surface area contributed by atoms with Crippen molar-refractivity contribution in [3.05, 3.63) is 88.0 Å². The SMILES string of the molecule is [Cl-].[Mg+2].[O-][Si](c1c(F)c(F)cc(F)c1F)(c1c(F)c(F)cc(F)c1F)c1c(F)c(F)cc(F)c1F. The largest absolute Gasteiger partial charge is 2.00 e. The molecule has 0 radical (unpaired) electrons. The number of hydrogen-bond acceptors (Lipinski definition) is 1. The summed E-state index contributed by atoms with van der Waals surface area (Å²) in [6.45, 7) is 0. The van der Waals surface area contributed by atoms with Gasteiger partial charge in [-0.1, -0.05) is 0 Å². The third kappa shape index (κ3) is 4.39.